The Morgan fingerprint density at radius 1 is 1.26 bits per heavy atom. The molecule has 0 bridgehead atoms. The first-order valence-corrected chi connectivity index (χ1v) is 9.42. The van der Waals surface area contributed by atoms with E-state index in [0.717, 1.165) is 18.4 Å². The van der Waals surface area contributed by atoms with Crippen LogP contribution in [0, 0.1) is 11.3 Å². The van der Waals surface area contributed by atoms with Crippen molar-refractivity contribution in [2.45, 2.75) is 79.3 Å². The summed E-state index contributed by atoms with van der Waals surface area (Å²) in [5, 5.41) is 7.08. The molecule has 1 rings (SSSR count). The third-order valence-corrected chi connectivity index (χ3v) is 4.77. The van der Waals surface area contributed by atoms with Crippen molar-refractivity contribution >= 4 is 5.96 Å². The minimum atomic E-state index is 0.398. The van der Waals surface area contributed by atoms with Gasteiger partial charge in [0.1, 0.15) is 0 Å². The smallest absolute Gasteiger partial charge is 0.191 e. The summed E-state index contributed by atoms with van der Waals surface area (Å²) in [5.74, 6) is 1.68. The van der Waals surface area contributed by atoms with Gasteiger partial charge in [0.2, 0.25) is 0 Å². The number of rotatable bonds is 6. The number of aliphatic imine (C=N–C) groups is 1. The van der Waals surface area contributed by atoms with Crippen LogP contribution in [0.3, 0.4) is 0 Å². The van der Waals surface area contributed by atoms with Gasteiger partial charge in [0.25, 0.3) is 0 Å². The number of guanidine groups is 1. The molecule has 0 aromatic rings. The van der Waals surface area contributed by atoms with Gasteiger partial charge in [0, 0.05) is 32.2 Å². The highest BCUT2D eigenvalue weighted by Crippen LogP contribution is 2.21. The molecule has 1 heterocycles. The van der Waals surface area contributed by atoms with Crippen molar-refractivity contribution in [1.29, 1.82) is 0 Å². The van der Waals surface area contributed by atoms with Crippen LogP contribution in [0.1, 0.15) is 67.2 Å². The van der Waals surface area contributed by atoms with E-state index in [2.05, 4.69) is 62.1 Å². The monoisotopic (exact) mass is 324 g/mol. The van der Waals surface area contributed by atoms with Crippen molar-refractivity contribution in [2.24, 2.45) is 16.3 Å². The predicted octanol–water partition coefficient (Wildman–Crippen LogP) is 3.49. The van der Waals surface area contributed by atoms with Gasteiger partial charge in [-0.2, -0.15) is 0 Å². The van der Waals surface area contributed by atoms with Crippen LogP contribution >= 0.6 is 0 Å². The lowest BCUT2D eigenvalue weighted by molar-refractivity contribution is 0.141. The molecule has 136 valence electrons. The van der Waals surface area contributed by atoms with E-state index in [4.69, 9.17) is 0 Å². The highest BCUT2D eigenvalue weighted by molar-refractivity contribution is 5.79. The van der Waals surface area contributed by atoms with Crippen molar-refractivity contribution in [2.75, 3.05) is 26.7 Å². The lowest BCUT2D eigenvalue weighted by Crippen LogP contribution is -2.47. The maximum absolute atomic E-state index is 4.39. The predicted molar refractivity (Wildman–Crippen MR) is 102 cm³/mol. The van der Waals surface area contributed by atoms with Gasteiger partial charge in [-0.25, -0.2) is 0 Å². The number of likely N-dealkylation sites (tertiary alicyclic amines) is 1. The second-order valence-electron chi connectivity index (χ2n) is 8.69. The van der Waals surface area contributed by atoms with E-state index in [-0.39, 0.29) is 0 Å². The fourth-order valence-electron chi connectivity index (χ4n) is 3.12. The molecule has 0 radical (unpaired) electrons. The van der Waals surface area contributed by atoms with Crippen LogP contribution in [0.25, 0.3) is 0 Å². The van der Waals surface area contributed by atoms with Crippen LogP contribution in [0.2, 0.25) is 0 Å². The number of hydrogen-bond donors (Lipinski definition) is 2. The average Bonchev–Trinajstić information content (AvgIpc) is 2.49. The largest absolute Gasteiger partial charge is 0.356 e. The molecule has 2 N–H and O–H groups in total. The molecule has 0 spiro atoms. The Morgan fingerprint density at radius 3 is 2.52 bits per heavy atom. The van der Waals surface area contributed by atoms with E-state index in [1.54, 1.807) is 0 Å². The maximum atomic E-state index is 4.39. The Labute approximate surface area is 144 Å². The zero-order valence-electron chi connectivity index (χ0n) is 16.6. The summed E-state index contributed by atoms with van der Waals surface area (Å²) in [7, 11) is 1.87. The number of piperidine rings is 1. The number of nitrogens with one attached hydrogen (secondary N) is 2. The van der Waals surface area contributed by atoms with Crippen molar-refractivity contribution in [1.82, 2.24) is 15.5 Å². The molecule has 4 nitrogen and oxygen atoms in total. The fraction of sp³-hybridized carbons (Fsp3) is 0.947. The van der Waals surface area contributed by atoms with Gasteiger partial charge in [-0.3, -0.25) is 4.99 Å². The zero-order valence-corrected chi connectivity index (χ0v) is 16.6. The van der Waals surface area contributed by atoms with E-state index in [1.807, 2.05) is 7.05 Å². The van der Waals surface area contributed by atoms with Crippen molar-refractivity contribution in [3.63, 3.8) is 0 Å². The molecular formula is C19H40N4. The van der Waals surface area contributed by atoms with Gasteiger partial charge in [0.05, 0.1) is 0 Å². The standard InChI is InChI=1S/C19H40N4/c1-15(2)23-12-8-9-17(14-23)13-21-18(20-7)22-16(3)10-11-19(4,5)6/h15-17H,8-14H2,1-7H3,(H2,20,21,22). The van der Waals surface area contributed by atoms with E-state index < -0.39 is 0 Å². The molecule has 1 aliphatic heterocycles. The Morgan fingerprint density at radius 2 is 1.96 bits per heavy atom. The van der Waals surface area contributed by atoms with Crippen molar-refractivity contribution in [3.8, 4) is 0 Å². The topological polar surface area (TPSA) is 39.7 Å². The molecule has 1 fully saturated rings. The molecule has 23 heavy (non-hydrogen) atoms. The normalized spacial score (nSPS) is 22.3. The fourth-order valence-corrected chi connectivity index (χ4v) is 3.12. The first-order valence-electron chi connectivity index (χ1n) is 9.42. The first-order chi connectivity index (χ1) is 10.7. The summed E-state index contributed by atoms with van der Waals surface area (Å²) >= 11 is 0. The molecule has 0 saturated carbocycles. The summed E-state index contributed by atoms with van der Waals surface area (Å²) < 4.78 is 0. The van der Waals surface area contributed by atoms with Crippen molar-refractivity contribution in [3.05, 3.63) is 0 Å². The van der Waals surface area contributed by atoms with Gasteiger partial charge >= 0.3 is 0 Å². The molecule has 0 aromatic carbocycles. The minimum Gasteiger partial charge on any atom is -0.356 e. The van der Waals surface area contributed by atoms with Crippen LogP contribution < -0.4 is 10.6 Å². The molecule has 2 atom stereocenters. The van der Waals surface area contributed by atoms with Gasteiger partial charge in [0.15, 0.2) is 5.96 Å². The van der Waals surface area contributed by atoms with E-state index in [0.29, 0.717) is 17.5 Å². The summed E-state index contributed by atoms with van der Waals surface area (Å²) in [5.41, 5.74) is 0.398. The van der Waals surface area contributed by atoms with Crippen LogP contribution in [0.15, 0.2) is 4.99 Å². The Kier molecular flexibility index (Phi) is 8.38. The molecule has 0 aliphatic carbocycles. The molecule has 0 amide bonds. The van der Waals surface area contributed by atoms with Gasteiger partial charge in [-0.1, -0.05) is 20.8 Å². The SMILES string of the molecule is CN=C(NCC1CCCN(C(C)C)C1)NC(C)CCC(C)(C)C. The third kappa shape index (κ3) is 8.59. The summed E-state index contributed by atoms with van der Waals surface area (Å²) in [6, 6.07) is 1.12. The zero-order chi connectivity index (χ0) is 17.5. The number of nitrogens with zero attached hydrogens (tertiary/aromatic N) is 2. The molecule has 4 heteroatoms. The Balaban J connectivity index is 2.33. The molecule has 1 aliphatic rings. The first kappa shape index (κ1) is 20.3. The Hall–Kier alpha value is -0.770. The van der Waals surface area contributed by atoms with E-state index in [1.165, 1.54) is 38.8 Å². The van der Waals surface area contributed by atoms with Gasteiger partial charge < -0.3 is 15.5 Å². The second kappa shape index (κ2) is 9.51. The highest BCUT2D eigenvalue weighted by Gasteiger charge is 2.22. The van der Waals surface area contributed by atoms with Gasteiger partial charge in [-0.05, 0) is 64.3 Å². The van der Waals surface area contributed by atoms with Crippen LogP contribution in [0.4, 0.5) is 0 Å². The van der Waals surface area contributed by atoms with Crippen LogP contribution in [-0.2, 0) is 0 Å². The average molecular weight is 325 g/mol. The lowest BCUT2D eigenvalue weighted by atomic mass is 9.89. The summed E-state index contributed by atoms with van der Waals surface area (Å²) in [6.07, 6.45) is 5.05. The van der Waals surface area contributed by atoms with Crippen molar-refractivity contribution < 1.29 is 0 Å². The third-order valence-electron chi connectivity index (χ3n) is 4.77. The maximum Gasteiger partial charge on any atom is 0.191 e. The van der Waals surface area contributed by atoms with E-state index in [9.17, 15) is 0 Å². The molecule has 2 unspecified atom stereocenters. The summed E-state index contributed by atoms with van der Waals surface area (Å²) in [6.45, 7) is 17.2. The quantitative estimate of drug-likeness (QED) is 0.580. The summed E-state index contributed by atoms with van der Waals surface area (Å²) in [4.78, 5) is 6.99. The second-order valence-corrected chi connectivity index (χ2v) is 8.69. The molecule has 0 aromatic heterocycles. The van der Waals surface area contributed by atoms with Gasteiger partial charge in [-0.15, -0.1) is 0 Å². The molecular weight excluding hydrogens is 284 g/mol. The van der Waals surface area contributed by atoms with Crippen LogP contribution in [0.5, 0.6) is 0 Å². The Bertz CT molecular complexity index is 357. The highest BCUT2D eigenvalue weighted by atomic mass is 15.2. The minimum absolute atomic E-state index is 0.398. The molecule has 1 saturated heterocycles. The lowest BCUT2D eigenvalue weighted by Gasteiger charge is -2.35. The van der Waals surface area contributed by atoms with Crippen LogP contribution in [-0.4, -0.2) is 49.6 Å². The van der Waals surface area contributed by atoms with E-state index >= 15 is 0 Å². The number of hydrogen-bond acceptors (Lipinski definition) is 2.